The van der Waals surface area contributed by atoms with Crippen LogP contribution in [0, 0.1) is 0 Å². The number of amides is 1. The van der Waals surface area contributed by atoms with Gasteiger partial charge in [-0.3, -0.25) is 9.69 Å². The van der Waals surface area contributed by atoms with Gasteiger partial charge in [0, 0.05) is 45.9 Å². The van der Waals surface area contributed by atoms with Gasteiger partial charge in [-0.05, 0) is 24.0 Å². The summed E-state index contributed by atoms with van der Waals surface area (Å²) in [5, 5.41) is 13.2. The highest BCUT2D eigenvalue weighted by molar-refractivity contribution is 5.92. The highest BCUT2D eigenvalue weighted by Gasteiger charge is 2.23. The molecule has 2 atom stereocenters. The first kappa shape index (κ1) is 19.1. The van der Waals surface area contributed by atoms with E-state index in [1.807, 2.05) is 4.57 Å². The van der Waals surface area contributed by atoms with Gasteiger partial charge in [-0.1, -0.05) is 24.3 Å². The quantitative estimate of drug-likeness (QED) is 0.777. The Morgan fingerprint density at radius 1 is 1.36 bits per heavy atom. The van der Waals surface area contributed by atoms with Gasteiger partial charge < -0.3 is 19.7 Å². The first-order valence-corrected chi connectivity index (χ1v) is 9.96. The molecule has 2 N–H and O–H groups in total. The minimum absolute atomic E-state index is 0.175. The molecule has 1 unspecified atom stereocenters. The van der Waals surface area contributed by atoms with Crippen LogP contribution >= 0.6 is 0 Å². The van der Waals surface area contributed by atoms with E-state index in [0.29, 0.717) is 12.2 Å². The summed E-state index contributed by atoms with van der Waals surface area (Å²) in [5.41, 5.74) is 3.12. The third-order valence-corrected chi connectivity index (χ3v) is 5.69. The Balaban J connectivity index is 1.27. The van der Waals surface area contributed by atoms with E-state index in [2.05, 4.69) is 39.5 Å². The van der Waals surface area contributed by atoms with Gasteiger partial charge in [0.1, 0.15) is 11.5 Å². The maximum absolute atomic E-state index is 12.4. The number of aliphatic hydroxyl groups is 1. The van der Waals surface area contributed by atoms with Crippen molar-refractivity contribution in [3.8, 4) is 0 Å². The molecule has 0 radical (unpaired) electrons. The summed E-state index contributed by atoms with van der Waals surface area (Å²) in [6, 6.07) is 8.44. The molecule has 1 aromatic carbocycles. The molecule has 7 nitrogen and oxygen atoms in total. The molecule has 0 saturated heterocycles. The van der Waals surface area contributed by atoms with Crippen molar-refractivity contribution in [1.82, 2.24) is 19.8 Å². The van der Waals surface area contributed by atoms with Crippen molar-refractivity contribution >= 4 is 5.91 Å². The van der Waals surface area contributed by atoms with Crippen LogP contribution in [0.2, 0.25) is 0 Å². The Kier molecular flexibility index (Phi) is 5.75. The highest BCUT2D eigenvalue weighted by Crippen LogP contribution is 2.19. The van der Waals surface area contributed by atoms with E-state index < -0.39 is 6.10 Å². The van der Waals surface area contributed by atoms with E-state index in [1.54, 1.807) is 13.3 Å². The largest absolute Gasteiger partial charge is 0.390 e. The Hall–Kier alpha value is -2.22. The molecule has 7 heteroatoms. The molecule has 0 spiro atoms. The number of aryl methyl sites for hydroxylation is 1. The fourth-order valence-electron chi connectivity index (χ4n) is 4.09. The number of imidazole rings is 1. The number of benzene rings is 1. The lowest BCUT2D eigenvalue weighted by Gasteiger charge is -2.30. The monoisotopic (exact) mass is 384 g/mol. The number of hydrogen-bond acceptors (Lipinski definition) is 5. The molecule has 2 aliphatic heterocycles. The second-order valence-electron chi connectivity index (χ2n) is 7.71. The van der Waals surface area contributed by atoms with Crippen LogP contribution in [0.15, 0.2) is 30.5 Å². The lowest BCUT2D eigenvalue weighted by Crippen LogP contribution is -2.42. The number of ether oxygens (including phenoxy) is 1. The van der Waals surface area contributed by atoms with Crippen LogP contribution in [0.5, 0.6) is 0 Å². The molecule has 1 aromatic heterocycles. The topological polar surface area (TPSA) is 79.6 Å². The molecule has 0 aliphatic carbocycles. The Labute approximate surface area is 165 Å². The zero-order chi connectivity index (χ0) is 19.5. The van der Waals surface area contributed by atoms with Gasteiger partial charge in [-0.15, -0.1) is 0 Å². The molecule has 3 heterocycles. The zero-order valence-electron chi connectivity index (χ0n) is 16.3. The molecule has 150 valence electrons. The molecule has 28 heavy (non-hydrogen) atoms. The van der Waals surface area contributed by atoms with Crippen LogP contribution in [0.1, 0.15) is 33.9 Å². The van der Waals surface area contributed by atoms with Gasteiger partial charge in [0.2, 0.25) is 0 Å². The number of methoxy groups -OCH3 is 1. The fourth-order valence-corrected chi connectivity index (χ4v) is 4.09. The number of nitrogens with zero attached hydrogens (tertiary/aromatic N) is 3. The smallest absolute Gasteiger partial charge is 0.271 e. The second kappa shape index (κ2) is 8.43. The van der Waals surface area contributed by atoms with Crippen molar-refractivity contribution in [1.29, 1.82) is 0 Å². The van der Waals surface area contributed by atoms with Crippen molar-refractivity contribution in [2.24, 2.45) is 0 Å². The summed E-state index contributed by atoms with van der Waals surface area (Å²) < 4.78 is 7.40. The lowest BCUT2D eigenvalue weighted by molar-refractivity contribution is 0.0706. The summed E-state index contributed by atoms with van der Waals surface area (Å²) in [5.74, 6) is 0.685. The minimum Gasteiger partial charge on any atom is -0.390 e. The van der Waals surface area contributed by atoms with E-state index in [0.717, 1.165) is 44.7 Å². The number of aromatic nitrogens is 2. The molecule has 1 amide bonds. The molecule has 0 bridgehead atoms. The molecule has 0 fully saturated rings. The Morgan fingerprint density at radius 3 is 3.00 bits per heavy atom. The van der Waals surface area contributed by atoms with Gasteiger partial charge in [0.05, 0.1) is 18.8 Å². The molecule has 4 rings (SSSR count). The first-order valence-electron chi connectivity index (χ1n) is 9.96. The molecular weight excluding hydrogens is 356 g/mol. The summed E-state index contributed by atoms with van der Waals surface area (Å²) >= 11 is 0. The van der Waals surface area contributed by atoms with Crippen molar-refractivity contribution in [2.45, 2.75) is 44.6 Å². The van der Waals surface area contributed by atoms with Gasteiger partial charge in [0.25, 0.3) is 5.91 Å². The van der Waals surface area contributed by atoms with Crippen LogP contribution in [0.3, 0.4) is 0 Å². The number of fused-ring (bicyclic) bond motifs is 2. The average Bonchev–Trinajstić information content (AvgIpc) is 3.15. The molecule has 0 saturated carbocycles. The maximum Gasteiger partial charge on any atom is 0.271 e. The average molecular weight is 384 g/mol. The van der Waals surface area contributed by atoms with Gasteiger partial charge in [-0.2, -0.15) is 0 Å². The van der Waals surface area contributed by atoms with E-state index in [-0.39, 0.29) is 18.6 Å². The first-order chi connectivity index (χ1) is 13.6. The van der Waals surface area contributed by atoms with E-state index >= 15 is 0 Å². The van der Waals surface area contributed by atoms with Crippen molar-refractivity contribution in [3.05, 3.63) is 53.1 Å². The predicted octanol–water partition coefficient (Wildman–Crippen LogP) is 0.993. The van der Waals surface area contributed by atoms with E-state index in [9.17, 15) is 9.90 Å². The minimum atomic E-state index is -0.607. The third-order valence-electron chi connectivity index (χ3n) is 5.69. The van der Waals surface area contributed by atoms with Crippen molar-refractivity contribution in [3.63, 3.8) is 0 Å². The number of hydrogen-bond donors (Lipinski definition) is 2. The number of aliphatic hydroxyl groups excluding tert-OH is 1. The van der Waals surface area contributed by atoms with E-state index in [4.69, 9.17) is 4.74 Å². The highest BCUT2D eigenvalue weighted by atomic mass is 16.5. The zero-order valence-corrected chi connectivity index (χ0v) is 16.3. The summed E-state index contributed by atoms with van der Waals surface area (Å²) in [6.45, 7) is 3.26. The van der Waals surface area contributed by atoms with Crippen LogP contribution < -0.4 is 5.32 Å². The summed E-state index contributed by atoms with van der Waals surface area (Å²) in [4.78, 5) is 19.1. The van der Waals surface area contributed by atoms with Crippen LogP contribution in [0.4, 0.5) is 0 Å². The Bertz CT molecular complexity index is 835. The molecule has 2 aromatic rings. The third kappa shape index (κ3) is 4.27. The lowest BCUT2D eigenvalue weighted by atomic mass is 10.00. The number of rotatable bonds is 6. The predicted molar refractivity (Wildman–Crippen MR) is 105 cm³/mol. The summed E-state index contributed by atoms with van der Waals surface area (Å²) in [7, 11) is 1.71. The van der Waals surface area contributed by atoms with Crippen LogP contribution in [-0.2, 0) is 30.7 Å². The van der Waals surface area contributed by atoms with Gasteiger partial charge in [0.15, 0.2) is 0 Å². The number of carbonyl (C=O) groups is 1. The van der Waals surface area contributed by atoms with Gasteiger partial charge >= 0.3 is 0 Å². The summed E-state index contributed by atoms with van der Waals surface area (Å²) in [6.07, 6.45) is 4.08. The number of β-amino-alcohol motifs (C(OH)–C–C–N with tert-alkyl or cyclic N) is 1. The van der Waals surface area contributed by atoms with Crippen molar-refractivity contribution < 1.29 is 14.6 Å². The van der Waals surface area contributed by atoms with Crippen LogP contribution in [-0.4, -0.2) is 64.4 Å². The number of nitrogens with one attached hydrogen (secondary N) is 1. The maximum atomic E-state index is 12.4. The van der Waals surface area contributed by atoms with Crippen molar-refractivity contribution in [2.75, 3.05) is 26.7 Å². The molecule has 2 aliphatic rings. The molecular formula is C21H28N4O3. The second-order valence-corrected chi connectivity index (χ2v) is 7.71. The normalized spacial score (nSPS) is 20.3. The van der Waals surface area contributed by atoms with Gasteiger partial charge in [-0.25, -0.2) is 4.98 Å². The standard InChI is InChI=1S/C21H28N4O3/c1-28-18-6-7-20-23-19(14-25(20)13-18)21(27)22-10-17(26)12-24-9-8-15-4-2-3-5-16(15)11-24/h2-5,14,17-18,26H,6-13H2,1H3,(H,22,27)/t17-,18?/m0/s1. The Morgan fingerprint density at radius 2 is 2.18 bits per heavy atom. The van der Waals surface area contributed by atoms with Crippen LogP contribution in [0.25, 0.3) is 0 Å². The SMILES string of the molecule is COC1CCc2nc(C(=O)NC[C@H](O)CN3CCc4ccccc4C3)cn2C1. The van der Waals surface area contributed by atoms with E-state index in [1.165, 1.54) is 11.1 Å². The fraction of sp³-hybridized carbons (Fsp3) is 0.524. The number of carbonyl (C=O) groups excluding carboxylic acids is 1.